The predicted octanol–water partition coefficient (Wildman–Crippen LogP) is 3.49. The molecule has 0 N–H and O–H groups in total. The van der Waals surface area contributed by atoms with Crippen LogP contribution in [0.25, 0.3) is 0 Å². The molecule has 0 aliphatic carbocycles. The Labute approximate surface area is 181 Å². The number of benzene rings is 2. The summed E-state index contributed by atoms with van der Waals surface area (Å²) in [7, 11) is -3.09. The largest absolute Gasteiger partial charge is 0.484 e. The molecular formula is C22H24N2O4S2. The molecule has 158 valence electrons. The highest BCUT2D eigenvalue weighted by molar-refractivity contribution is 8.16. The molecule has 2 aromatic rings. The van der Waals surface area contributed by atoms with Crippen molar-refractivity contribution < 1.29 is 17.9 Å². The van der Waals surface area contributed by atoms with Gasteiger partial charge in [0.1, 0.15) is 5.75 Å². The van der Waals surface area contributed by atoms with Gasteiger partial charge in [-0.3, -0.25) is 4.79 Å². The highest BCUT2D eigenvalue weighted by atomic mass is 32.2. The van der Waals surface area contributed by atoms with E-state index in [-0.39, 0.29) is 29.4 Å². The highest BCUT2D eigenvalue weighted by Crippen LogP contribution is 2.41. The summed E-state index contributed by atoms with van der Waals surface area (Å²) in [4.78, 5) is 18.7. The number of rotatable bonds is 5. The third-order valence-corrected chi connectivity index (χ3v) is 8.44. The van der Waals surface area contributed by atoms with E-state index in [4.69, 9.17) is 4.74 Å². The zero-order chi connectivity index (χ0) is 21.3. The number of hydrogen-bond donors (Lipinski definition) is 0. The van der Waals surface area contributed by atoms with Crippen molar-refractivity contribution in [3.8, 4) is 5.75 Å². The van der Waals surface area contributed by atoms with E-state index < -0.39 is 15.7 Å². The van der Waals surface area contributed by atoms with Crippen LogP contribution in [-0.4, -0.2) is 48.9 Å². The van der Waals surface area contributed by atoms with Crippen molar-refractivity contribution >= 4 is 38.4 Å². The Balaban J connectivity index is 1.57. The molecule has 2 heterocycles. The van der Waals surface area contributed by atoms with Crippen molar-refractivity contribution in [1.82, 2.24) is 0 Å². The topological polar surface area (TPSA) is 76.0 Å². The number of anilines is 1. The molecule has 0 unspecified atom stereocenters. The number of nitrogens with zero attached hydrogens (tertiary/aromatic N) is 2. The van der Waals surface area contributed by atoms with Gasteiger partial charge in [0.05, 0.1) is 17.5 Å². The summed E-state index contributed by atoms with van der Waals surface area (Å²) >= 11 is 1.37. The zero-order valence-corrected chi connectivity index (χ0v) is 18.5. The van der Waals surface area contributed by atoms with Gasteiger partial charge in [-0.15, -0.1) is 0 Å². The highest BCUT2D eigenvalue weighted by Gasteiger charge is 2.49. The molecule has 1 amide bonds. The molecule has 2 aromatic carbocycles. The van der Waals surface area contributed by atoms with Crippen LogP contribution >= 0.6 is 11.8 Å². The Morgan fingerprint density at radius 1 is 1.13 bits per heavy atom. The molecule has 2 aliphatic rings. The summed E-state index contributed by atoms with van der Waals surface area (Å²) in [5, 5.41) is 0.417. The number of sulfone groups is 1. The minimum absolute atomic E-state index is 0.0737. The molecular weight excluding hydrogens is 420 g/mol. The number of ether oxygens (including phenoxy) is 1. The lowest BCUT2D eigenvalue weighted by Crippen LogP contribution is -2.37. The summed E-state index contributed by atoms with van der Waals surface area (Å²) in [6, 6.07) is 16.9. The molecule has 6 nitrogen and oxygen atoms in total. The molecule has 2 fully saturated rings. The van der Waals surface area contributed by atoms with Gasteiger partial charge < -0.3 is 9.64 Å². The molecule has 2 aliphatic heterocycles. The number of carbonyl (C=O) groups is 1. The average Bonchev–Trinajstić information content (AvgIpc) is 3.18. The molecule has 2 saturated heterocycles. The van der Waals surface area contributed by atoms with Gasteiger partial charge in [-0.25, -0.2) is 8.42 Å². The third kappa shape index (κ3) is 4.54. The summed E-state index contributed by atoms with van der Waals surface area (Å²) < 4.78 is 29.9. The van der Waals surface area contributed by atoms with E-state index in [0.717, 1.165) is 5.69 Å². The minimum Gasteiger partial charge on any atom is -0.484 e. The predicted molar refractivity (Wildman–Crippen MR) is 121 cm³/mol. The lowest BCUT2D eigenvalue weighted by atomic mass is 10.0. The number of para-hydroxylation sites is 1. The third-order valence-electron chi connectivity index (χ3n) is 5.23. The van der Waals surface area contributed by atoms with Crippen LogP contribution in [0.1, 0.15) is 25.3 Å². The van der Waals surface area contributed by atoms with Crippen molar-refractivity contribution in [1.29, 1.82) is 0 Å². The molecule has 0 spiro atoms. The Kier molecular flexibility index (Phi) is 5.88. The smallest absolute Gasteiger partial charge is 0.285 e. The number of amides is 1. The standard InChI is InChI=1S/C22H24N2O4S2/c1-15(2)16-8-10-17(11-9-16)24-19-13-30(26,27)14-20(19)29-22(24)23-21(25)12-28-18-6-4-3-5-7-18/h3-11,15,19-20H,12-14H2,1-2H3/t19-,20-/m1/s1. The van der Waals surface area contributed by atoms with Gasteiger partial charge >= 0.3 is 0 Å². The SMILES string of the molecule is CC(C)c1ccc(N2C(=NC(=O)COc3ccccc3)S[C@@H]3CS(=O)(=O)C[C@H]32)cc1. The molecule has 2 atom stereocenters. The van der Waals surface area contributed by atoms with E-state index in [1.165, 1.54) is 17.3 Å². The van der Waals surface area contributed by atoms with E-state index in [2.05, 4.69) is 18.8 Å². The van der Waals surface area contributed by atoms with Gasteiger partial charge in [-0.1, -0.05) is 55.9 Å². The molecule has 0 aromatic heterocycles. The van der Waals surface area contributed by atoms with Gasteiger partial charge in [0.25, 0.3) is 5.91 Å². The Morgan fingerprint density at radius 2 is 1.83 bits per heavy atom. The van der Waals surface area contributed by atoms with Crippen LogP contribution in [-0.2, 0) is 14.6 Å². The number of fused-ring (bicyclic) bond motifs is 1. The first kappa shape index (κ1) is 20.9. The lowest BCUT2D eigenvalue weighted by Gasteiger charge is -2.25. The molecule has 30 heavy (non-hydrogen) atoms. The molecule has 0 saturated carbocycles. The average molecular weight is 445 g/mol. The summed E-state index contributed by atoms with van der Waals surface area (Å²) in [5.74, 6) is 0.791. The Morgan fingerprint density at radius 3 is 2.50 bits per heavy atom. The lowest BCUT2D eigenvalue weighted by molar-refractivity contribution is -0.119. The fraction of sp³-hybridized carbons (Fsp3) is 0.364. The van der Waals surface area contributed by atoms with Gasteiger partial charge in [0.15, 0.2) is 21.6 Å². The van der Waals surface area contributed by atoms with Crippen LogP contribution in [0.15, 0.2) is 59.6 Å². The first-order chi connectivity index (χ1) is 14.3. The number of carbonyl (C=O) groups excluding carboxylic acids is 1. The molecule has 8 heteroatoms. The second-order valence-corrected chi connectivity index (χ2v) is 11.2. The van der Waals surface area contributed by atoms with Crippen molar-refractivity contribution in [2.24, 2.45) is 4.99 Å². The number of hydrogen-bond acceptors (Lipinski definition) is 5. The van der Waals surface area contributed by atoms with Gasteiger partial charge in [-0.2, -0.15) is 4.99 Å². The van der Waals surface area contributed by atoms with Crippen LogP contribution in [0, 0.1) is 0 Å². The van der Waals surface area contributed by atoms with Gasteiger partial charge in [0, 0.05) is 10.9 Å². The fourth-order valence-corrected chi connectivity index (χ4v) is 7.62. The van der Waals surface area contributed by atoms with Crippen LogP contribution in [0.5, 0.6) is 5.75 Å². The Hall–Kier alpha value is -2.32. The van der Waals surface area contributed by atoms with Crippen molar-refractivity contribution in [3.63, 3.8) is 0 Å². The number of thioether (sulfide) groups is 1. The maximum Gasteiger partial charge on any atom is 0.285 e. The second kappa shape index (κ2) is 8.43. The van der Waals surface area contributed by atoms with Crippen LogP contribution < -0.4 is 9.64 Å². The van der Waals surface area contributed by atoms with Gasteiger partial charge in [0.2, 0.25) is 0 Å². The van der Waals surface area contributed by atoms with Crippen molar-refractivity contribution in [2.45, 2.75) is 31.1 Å². The van der Waals surface area contributed by atoms with Crippen molar-refractivity contribution in [3.05, 3.63) is 60.2 Å². The number of amidine groups is 1. The molecule has 0 bridgehead atoms. The van der Waals surface area contributed by atoms with Crippen molar-refractivity contribution in [2.75, 3.05) is 23.0 Å². The first-order valence-electron chi connectivity index (χ1n) is 9.88. The second-order valence-electron chi connectivity index (χ2n) is 7.81. The monoisotopic (exact) mass is 444 g/mol. The zero-order valence-electron chi connectivity index (χ0n) is 16.9. The number of aliphatic imine (C=N–C) groups is 1. The molecule has 0 radical (unpaired) electrons. The quantitative estimate of drug-likeness (QED) is 0.703. The molecule has 4 rings (SSSR count). The minimum atomic E-state index is -3.09. The maximum absolute atomic E-state index is 12.5. The summed E-state index contributed by atoms with van der Waals surface area (Å²) in [5.41, 5.74) is 2.05. The Bertz CT molecular complexity index is 1050. The maximum atomic E-state index is 12.5. The van der Waals surface area contributed by atoms with Crippen LogP contribution in [0.2, 0.25) is 0 Å². The van der Waals surface area contributed by atoms with E-state index in [0.29, 0.717) is 16.8 Å². The summed E-state index contributed by atoms with van der Waals surface area (Å²) in [6.45, 7) is 4.08. The van der Waals surface area contributed by atoms with E-state index in [9.17, 15) is 13.2 Å². The van der Waals surface area contributed by atoms with E-state index in [1.54, 1.807) is 12.1 Å². The first-order valence-corrected chi connectivity index (χ1v) is 12.6. The van der Waals surface area contributed by atoms with E-state index in [1.807, 2.05) is 47.4 Å². The van der Waals surface area contributed by atoms with Gasteiger partial charge in [-0.05, 0) is 35.7 Å². The normalized spacial score (nSPS) is 23.7. The van der Waals surface area contributed by atoms with Crippen LogP contribution in [0.3, 0.4) is 0 Å². The fourth-order valence-electron chi connectivity index (χ4n) is 3.69. The van der Waals surface area contributed by atoms with Crippen LogP contribution in [0.4, 0.5) is 5.69 Å². The van der Waals surface area contributed by atoms with E-state index >= 15 is 0 Å². The summed E-state index contributed by atoms with van der Waals surface area (Å²) in [6.07, 6.45) is 0.